The van der Waals surface area contributed by atoms with Gasteiger partial charge in [-0.25, -0.2) is 8.42 Å². The number of nitrogens with zero attached hydrogens (tertiary/aromatic N) is 1. The van der Waals surface area contributed by atoms with E-state index in [9.17, 15) is 8.42 Å². The molecular formula is C13H22N2O4S. The largest absolute Gasteiger partial charge is 0.465 e. The Labute approximate surface area is 120 Å². The second kappa shape index (κ2) is 5.85. The van der Waals surface area contributed by atoms with Crippen molar-refractivity contribution in [3.05, 3.63) is 17.1 Å². The third-order valence-corrected chi connectivity index (χ3v) is 5.54. The number of hydrogen-bond donors (Lipinski definition) is 1. The second-order valence-corrected chi connectivity index (χ2v) is 6.97. The van der Waals surface area contributed by atoms with Crippen molar-refractivity contribution < 1.29 is 17.6 Å². The van der Waals surface area contributed by atoms with Gasteiger partial charge in [0.2, 0.25) is 10.0 Å². The molecule has 1 saturated heterocycles. The van der Waals surface area contributed by atoms with E-state index in [-0.39, 0.29) is 6.10 Å². The molecule has 0 radical (unpaired) electrons. The molecule has 1 atom stereocenters. The summed E-state index contributed by atoms with van der Waals surface area (Å²) in [5.74, 6) is 1.10. The molecule has 1 fully saturated rings. The first-order valence-corrected chi connectivity index (χ1v) is 8.17. The number of ether oxygens (including phenoxy) is 1. The lowest BCUT2D eigenvalue weighted by Gasteiger charge is -2.30. The van der Waals surface area contributed by atoms with Crippen LogP contribution in [0.25, 0.3) is 0 Å². The first-order chi connectivity index (χ1) is 9.37. The summed E-state index contributed by atoms with van der Waals surface area (Å²) in [6, 6.07) is 0. The third-order valence-electron chi connectivity index (χ3n) is 3.48. The van der Waals surface area contributed by atoms with Gasteiger partial charge in [0.15, 0.2) is 0 Å². The van der Waals surface area contributed by atoms with Crippen LogP contribution in [0.2, 0.25) is 0 Å². The quantitative estimate of drug-likeness (QED) is 0.899. The van der Waals surface area contributed by atoms with E-state index in [2.05, 4.69) is 5.32 Å². The molecule has 1 aliphatic rings. The standard InChI is InChI=1S/C13H22N2O4S/c1-9-8-15(5-6-18-9)20(16,17)13-11(3)19-10(2)12(13)7-14-4/h9,14H,5-8H2,1-4H3. The lowest BCUT2D eigenvalue weighted by molar-refractivity contribution is 0.0101. The van der Waals surface area contributed by atoms with Gasteiger partial charge < -0.3 is 14.5 Å². The maximum atomic E-state index is 12.8. The number of rotatable bonds is 4. The van der Waals surface area contributed by atoms with E-state index in [1.807, 2.05) is 6.92 Å². The number of aryl methyl sites for hydroxylation is 2. The van der Waals surface area contributed by atoms with Crippen LogP contribution >= 0.6 is 0 Å². The van der Waals surface area contributed by atoms with Gasteiger partial charge in [-0.3, -0.25) is 0 Å². The van der Waals surface area contributed by atoms with E-state index in [4.69, 9.17) is 9.15 Å². The summed E-state index contributed by atoms with van der Waals surface area (Å²) in [4.78, 5) is 0.304. The lowest BCUT2D eigenvalue weighted by atomic mass is 10.2. The Morgan fingerprint density at radius 2 is 2.05 bits per heavy atom. The summed E-state index contributed by atoms with van der Waals surface area (Å²) in [5, 5.41) is 2.99. The molecule has 1 aromatic heterocycles. The van der Waals surface area contributed by atoms with E-state index in [0.29, 0.717) is 48.2 Å². The second-order valence-electron chi connectivity index (χ2n) is 5.10. The minimum absolute atomic E-state index is 0.0837. The van der Waals surface area contributed by atoms with Gasteiger partial charge in [-0.15, -0.1) is 0 Å². The van der Waals surface area contributed by atoms with Gasteiger partial charge in [0.25, 0.3) is 0 Å². The molecule has 1 unspecified atom stereocenters. The Morgan fingerprint density at radius 3 is 2.65 bits per heavy atom. The monoisotopic (exact) mass is 302 g/mol. The topological polar surface area (TPSA) is 71.8 Å². The summed E-state index contributed by atoms with van der Waals surface area (Å²) in [6.07, 6.45) is -0.0837. The number of sulfonamides is 1. The highest BCUT2D eigenvalue weighted by molar-refractivity contribution is 7.89. The normalized spacial score (nSPS) is 21.3. The minimum atomic E-state index is -3.54. The Bertz CT molecular complexity index is 579. The van der Waals surface area contributed by atoms with E-state index >= 15 is 0 Å². The van der Waals surface area contributed by atoms with Crippen LogP contribution in [0.15, 0.2) is 9.31 Å². The molecule has 0 spiro atoms. The molecular weight excluding hydrogens is 280 g/mol. The van der Waals surface area contributed by atoms with Gasteiger partial charge in [-0.2, -0.15) is 4.31 Å². The van der Waals surface area contributed by atoms with Gasteiger partial charge >= 0.3 is 0 Å². The molecule has 1 N–H and O–H groups in total. The molecule has 20 heavy (non-hydrogen) atoms. The van der Waals surface area contributed by atoms with Crippen LogP contribution < -0.4 is 5.32 Å². The molecule has 1 aliphatic heterocycles. The smallest absolute Gasteiger partial charge is 0.247 e. The van der Waals surface area contributed by atoms with Crippen molar-refractivity contribution in [2.45, 2.75) is 38.3 Å². The molecule has 0 aromatic carbocycles. The molecule has 0 saturated carbocycles. The van der Waals surface area contributed by atoms with Gasteiger partial charge in [-0.05, 0) is 27.8 Å². The average molecular weight is 302 g/mol. The van der Waals surface area contributed by atoms with Crippen LogP contribution in [0.3, 0.4) is 0 Å². The van der Waals surface area contributed by atoms with Gasteiger partial charge in [0, 0.05) is 25.2 Å². The molecule has 7 heteroatoms. The number of nitrogens with one attached hydrogen (secondary N) is 1. The molecule has 1 aromatic rings. The van der Waals surface area contributed by atoms with Crippen molar-refractivity contribution >= 4 is 10.0 Å². The first-order valence-electron chi connectivity index (χ1n) is 6.73. The summed E-state index contributed by atoms with van der Waals surface area (Å²) < 4.78 is 38.1. The highest BCUT2D eigenvalue weighted by Gasteiger charge is 2.34. The Balaban J connectivity index is 2.43. The van der Waals surface area contributed by atoms with Crippen molar-refractivity contribution in [3.8, 4) is 0 Å². The average Bonchev–Trinajstić information content (AvgIpc) is 2.65. The Kier molecular flexibility index (Phi) is 4.53. The zero-order chi connectivity index (χ0) is 14.9. The highest BCUT2D eigenvalue weighted by atomic mass is 32.2. The molecule has 0 bridgehead atoms. The zero-order valence-electron chi connectivity index (χ0n) is 12.4. The molecule has 6 nitrogen and oxygen atoms in total. The van der Waals surface area contributed by atoms with Gasteiger partial charge in [0.05, 0.1) is 12.7 Å². The lowest BCUT2D eigenvalue weighted by Crippen LogP contribution is -2.44. The van der Waals surface area contributed by atoms with E-state index in [1.54, 1.807) is 20.9 Å². The highest BCUT2D eigenvalue weighted by Crippen LogP contribution is 2.30. The van der Waals surface area contributed by atoms with Crippen LogP contribution in [-0.2, 0) is 21.3 Å². The van der Waals surface area contributed by atoms with Crippen molar-refractivity contribution in [1.29, 1.82) is 0 Å². The summed E-state index contributed by atoms with van der Waals surface area (Å²) >= 11 is 0. The van der Waals surface area contributed by atoms with Crippen molar-refractivity contribution in [3.63, 3.8) is 0 Å². The number of morpholine rings is 1. The summed E-state index contributed by atoms with van der Waals surface area (Å²) in [6.45, 7) is 7.03. The van der Waals surface area contributed by atoms with Crippen molar-refractivity contribution in [2.75, 3.05) is 26.7 Å². The number of furan rings is 1. The number of hydrogen-bond acceptors (Lipinski definition) is 5. The predicted molar refractivity (Wildman–Crippen MR) is 75.1 cm³/mol. The van der Waals surface area contributed by atoms with Crippen molar-refractivity contribution in [2.24, 2.45) is 0 Å². The molecule has 114 valence electrons. The maximum absolute atomic E-state index is 12.8. The van der Waals surface area contributed by atoms with Crippen LogP contribution in [-0.4, -0.2) is 45.6 Å². The fourth-order valence-corrected chi connectivity index (χ4v) is 4.47. The van der Waals surface area contributed by atoms with E-state index in [1.165, 1.54) is 4.31 Å². The van der Waals surface area contributed by atoms with Gasteiger partial charge in [-0.1, -0.05) is 0 Å². The van der Waals surface area contributed by atoms with Crippen molar-refractivity contribution in [1.82, 2.24) is 9.62 Å². The first kappa shape index (κ1) is 15.5. The molecule has 2 rings (SSSR count). The van der Waals surface area contributed by atoms with E-state index < -0.39 is 10.0 Å². The minimum Gasteiger partial charge on any atom is -0.465 e. The molecule has 0 amide bonds. The summed E-state index contributed by atoms with van der Waals surface area (Å²) in [5.41, 5.74) is 0.712. The Morgan fingerprint density at radius 1 is 1.35 bits per heavy atom. The van der Waals surface area contributed by atoms with Crippen LogP contribution in [0.1, 0.15) is 24.0 Å². The summed E-state index contributed by atoms with van der Waals surface area (Å²) in [7, 11) is -1.75. The fourth-order valence-electron chi connectivity index (χ4n) is 2.56. The zero-order valence-corrected chi connectivity index (χ0v) is 13.2. The van der Waals surface area contributed by atoms with Crippen LogP contribution in [0.4, 0.5) is 0 Å². The molecule has 2 heterocycles. The SMILES string of the molecule is CNCc1c(C)oc(C)c1S(=O)(=O)N1CCOC(C)C1. The third kappa shape index (κ3) is 2.76. The Hall–Kier alpha value is -0.890. The maximum Gasteiger partial charge on any atom is 0.247 e. The van der Waals surface area contributed by atoms with Gasteiger partial charge in [0.1, 0.15) is 16.4 Å². The fraction of sp³-hybridized carbons (Fsp3) is 0.692. The van der Waals surface area contributed by atoms with Crippen LogP contribution in [0, 0.1) is 13.8 Å². The van der Waals surface area contributed by atoms with E-state index in [0.717, 1.165) is 0 Å². The van der Waals surface area contributed by atoms with Crippen LogP contribution in [0.5, 0.6) is 0 Å². The predicted octanol–water partition coefficient (Wildman–Crippen LogP) is 1.03. The molecule has 0 aliphatic carbocycles.